The van der Waals surface area contributed by atoms with E-state index >= 15 is 0 Å². The van der Waals surface area contributed by atoms with Crippen molar-refractivity contribution in [2.75, 3.05) is 31.1 Å². The minimum atomic E-state index is 0.830. The normalized spacial score (nSPS) is 16.2. The third kappa shape index (κ3) is 2.81. The Bertz CT molecular complexity index is 587. The van der Waals surface area contributed by atoms with E-state index in [2.05, 4.69) is 20.2 Å². The number of nitrogens with one attached hydrogen (secondary N) is 1. The second-order valence-electron chi connectivity index (χ2n) is 4.98. The van der Waals surface area contributed by atoms with Crippen molar-refractivity contribution in [1.82, 2.24) is 20.3 Å². The van der Waals surface area contributed by atoms with Crippen molar-refractivity contribution in [2.45, 2.75) is 20.3 Å². The fraction of sp³-hybridized carbons (Fsp3) is 0.500. The molecule has 1 aliphatic heterocycles. The molecular weight excluding hydrogens is 270 g/mol. The summed E-state index contributed by atoms with van der Waals surface area (Å²) in [7, 11) is 0. The Labute approximate surface area is 123 Å². The highest BCUT2D eigenvalue weighted by molar-refractivity contribution is 7.15. The molecule has 0 spiro atoms. The number of nitrogens with zero attached hydrogens (tertiary/aromatic N) is 4. The molecule has 20 heavy (non-hydrogen) atoms. The molecule has 3 rings (SSSR count). The number of hydrogen-bond donors (Lipinski definition) is 1. The Hall–Kier alpha value is -1.53. The maximum Gasteiger partial charge on any atom is 0.225 e. The predicted molar refractivity (Wildman–Crippen MR) is 82.3 cm³/mol. The van der Waals surface area contributed by atoms with Gasteiger partial charge in [0, 0.05) is 25.8 Å². The lowest BCUT2D eigenvalue weighted by Crippen LogP contribution is -2.29. The molecule has 3 heterocycles. The summed E-state index contributed by atoms with van der Waals surface area (Å²) < 4.78 is 0. The van der Waals surface area contributed by atoms with Crippen LogP contribution >= 0.6 is 11.3 Å². The molecule has 1 fully saturated rings. The zero-order valence-corrected chi connectivity index (χ0v) is 12.7. The van der Waals surface area contributed by atoms with E-state index in [4.69, 9.17) is 4.98 Å². The summed E-state index contributed by atoms with van der Waals surface area (Å²) in [5.74, 6) is 0.830. The summed E-state index contributed by atoms with van der Waals surface area (Å²) in [5, 5.41) is 4.48. The van der Waals surface area contributed by atoms with Crippen molar-refractivity contribution in [3.63, 3.8) is 0 Å². The molecule has 1 N–H and O–H groups in total. The lowest BCUT2D eigenvalue weighted by Gasteiger charge is -2.19. The summed E-state index contributed by atoms with van der Waals surface area (Å²) in [5.41, 5.74) is 2.03. The van der Waals surface area contributed by atoms with Gasteiger partial charge >= 0.3 is 0 Å². The molecule has 2 aromatic rings. The molecule has 0 atom stereocenters. The third-order valence-electron chi connectivity index (χ3n) is 3.40. The smallest absolute Gasteiger partial charge is 0.225 e. The molecule has 0 unspecified atom stereocenters. The number of hydrogen-bond acceptors (Lipinski definition) is 6. The molecule has 6 heteroatoms. The largest absolute Gasteiger partial charge is 0.339 e. The third-order valence-corrected chi connectivity index (χ3v) is 4.50. The SMILES string of the molecule is Cc1nc(C)c(-c2ccnc(N3CCCNCC3)n2)s1. The summed E-state index contributed by atoms with van der Waals surface area (Å²) in [6.45, 7) is 8.11. The van der Waals surface area contributed by atoms with Crippen LogP contribution in [0.1, 0.15) is 17.1 Å². The summed E-state index contributed by atoms with van der Waals surface area (Å²) >= 11 is 1.69. The van der Waals surface area contributed by atoms with Crippen molar-refractivity contribution in [1.29, 1.82) is 0 Å². The molecule has 0 aliphatic carbocycles. The molecule has 0 radical (unpaired) electrons. The van der Waals surface area contributed by atoms with Crippen LogP contribution < -0.4 is 10.2 Å². The Kier molecular flexibility index (Phi) is 3.93. The quantitative estimate of drug-likeness (QED) is 0.916. The highest BCUT2D eigenvalue weighted by Crippen LogP contribution is 2.28. The minimum Gasteiger partial charge on any atom is -0.339 e. The maximum absolute atomic E-state index is 4.74. The molecule has 1 saturated heterocycles. The zero-order chi connectivity index (χ0) is 13.9. The summed E-state index contributed by atoms with van der Waals surface area (Å²) in [4.78, 5) is 17.1. The highest BCUT2D eigenvalue weighted by Gasteiger charge is 2.14. The number of aromatic nitrogens is 3. The first-order chi connectivity index (χ1) is 9.74. The molecule has 2 aromatic heterocycles. The number of aryl methyl sites for hydroxylation is 2. The monoisotopic (exact) mass is 289 g/mol. The van der Waals surface area contributed by atoms with Gasteiger partial charge in [0.2, 0.25) is 5.95 Å². The lowest BCUT2D eigenvalue weighted by atomic mass is 10.3. The van der Waals surface area contributed by atoms with Crippen LogP contribution in [-0.2, 0) is 0 Å². The van der Waals surface area contributed by atoms with Crippen LogP contribution in [0.15, 0.2) is 12.3 Å². The fourth-order valence-corrected chi connectivity index (χ4v) is 3.33. The van der Waals surface area contributed by atoms with E-state index in [0.29, 0.717) is 0 Å². The van der Waals surface area contributed by atoms with Crippen molar-refractivity contribution in [3.8, 4) is 10.6 Å². The van der Waals surface area contributed by atoms with Crippen LogP contribution in [0.5, 0.6) is 0 Å². The van der Waals surface area contributed by atoms with Crippen LogP contribution in [-0.4, -0.2) is 41.1 Å². The molecular formula is C14H19N5S. The molecule has 106 valence electrons. The molecule has 0 aromatic carbocycles. The van der Waals surface area contributed by atoms with Crippen LogP contribution in [0.25, 0.3) is 10.6 Å². The van der Waals surface area contributed by atoms with E-state index in [1.54, 1.807) is 11.3 Å². The Balaban J connectivity index is 1.90. The van der Waals surface area contributed by atoms with Gasteiger partial charge < -0.3 is 10.2 Å². The van der Waals surface area contributed by atoms with Gasteiger partial charge in [-0.15, -0.1) is 11.3 Å². The molecule has 0 bridgehead atoms. The zero-order valence-electron chi connectivity index (χ0n) is 11.9. The van der Waals surface area contributed by atoms with Gasteiger partial charge in [0.05, 0.1) is 21.3 Å². The van der Waals surface area contributed by atoms with Crippen molar-refractivity contribution in [2.24, 2.45) is 0 Å². The first-order valence-electron chi connectivity index (χ1n) is 6.97. The van der Waals surface area contributed by atoms with Crippen molar-refractivity contribution < 1.29 is 0 Å². The fourth-order valence-electron chi connectivity index (χ4n) is 2.44. The second kappa shape index (κ2) is 5.85. The average molecular weight is 289 g/mol. The Morgan fingerprint density at radius 1 is 1.20 bits per heavy atom. The van der Waals surface area contributed by atoms with Crippen LogP contribution in [0.3, 0.4) is 0 Å². The number of rotatable bonds is 2. The van der Waals surface area contributed by atoms with Crippen molar-refractivity contribution >= 4 is 17.3 Å². The van der Waals surface area contributed by atoms with Crippen LogP contribution in [0, 0.1) is 13.8 Å². The van der Waals surface area contributed by atoms with Gasteiger partial charge in [-0.25, -0.2) is 15.0 Å². The van der Waals surface area contributed by atoms with Gasteiger partial charge in [0.15, 0.2) is 0 Å². The minimum absolute atomic E-state index is 0.830. The van der Waals surface area contributed by atoms with Gasteiger partial charge in [-0.05, 0) is 32.9 Å². The Morgan fingerprint density at radius 3 is 2.90 bits per heavy atom. The van der Waals surface area contributed by atoms with Gasteiger partial charge in [0.1, 0.15) is 0 Å². The standard InChI is InChI=1S/C14H19N5S/c1-10-13(20-11(2)17-10)12-4-6-16-14(18-12)19-8-3-5-15-7-9-19/h4,6,15H,3,5,7-9H2,1-2H3. The Morgan fingerprint density at radius 2 is 2.10 bits per heavy atom. The van der Waals surface area contributed by atoms with E-state index in [-0.39, 0.29) is 0 Å². The van der Waals surface area contributed by atoms with Gasteiger partial charge in [0.25, 0.3) is 0 Å². The van der Waals surface area contributed by atoms with E-state index in [0.717, 1.165) is 59.8 Å². The molecule has 0 amide bonds. The summed E-state index contributed by atoms with van der Waals surface area (Å²) in [6, 6.07) is 1.97. The molecule has 1 aliphatic rings. The van der Waals surface area contributed by atoms with E-state index in [9.17, 15) is 0 Å². The summed E-state index contributed by atoms with van der Waals surface area (Å²) in [6.07, 6.45) is 2.98. The van der Waals surface area contributed by atoms with Crippen LogP contribution in [0.2, 0.25) is 0 Å². The van der Waals surface area contributed by atoms with Crippen LogP contribution in [0.4, 0.5) is 5.95 Å². The average Bonchev–Trinajstić information content (AvgIpc) is 2.68. The second-order valence-corrected chi connectivity index (χ2v) is 6.18. The predicted octanol–water partition coefficient (Wildman–Crippen LogP) is 2.02. The number of thiazole rings is 1. The highest BCUT2D eigenvalue weighted by atomic mass is 32.1. The molecule has 5 nitrogen and oxygen atoms in total. The van der Waals surface area contributed by atoms with Crippen molar-refractivity contribution in [3.05, 3.63) is 23.0 Å². The maximum atomic E-state index is 4.74. The van der Waals surface area contributed by atoms with E-state index in [1.807, 2.05) is 26.1 Å². The lowest BCUT2D eigenvalue weighted by molar-refractivity contribution is 0.724. The molecule has 0 saturated carbocycles. The van der Waals surface area contributed by atoms with Gasteiger partial charge in [-0.3, -0.25) is 0 Å². The van der Waals surface area contributed by atoms with E-state index in [1.165, 1.54) is 0 Å². The number of anilines is 1. The topological polar surface area (TPSA) is 53.9 Å². The first-order valence-corrected chi connectivity index (χ1v) is 7.79. The van der Waals surface area contributed by atoms with Gasteiger partial charge in [-0.2, -0.15) is 0 Å². The van der Waals surface area contributed by atoms with Gasteiger partial charge in [-0.1, -0.05) is 0 Å². The van der Waals surface area contributed by atoms with E-state index < -0.39 is 0 Å². The first kappa shape index (κ1) is 13.5.